The SMILES string of the molecule is CN(CCc1ccc(C(C)(C)C)cc1)C(CO)CO. The molecule has 0 spiro atoms. The molecule has 0 saturated heterocycles. The van der Waals surface area contributed by atoms with Gasteiger partial charge in [0.05, 0.1) is 19.3 Å². The van der Waals surface area contributed by atoms with Crippen LogP contribution in [0.25, 0.3) is 0 Å². The Morgan fingerprint density at radius 2 is 1.58 bits per heavy atom. The van der Waals surface area contributed by atoms with Gasteiger partial charge < -0.3 is 10.2 Å². The van der Waals surface area contributed by atoms with E-state index in [-0.39, 0.29) is 24.7 Å². The third-order valence-electron chi connectivity index (χ3n) is 3.62. The average molecular weight is 265 g/mol. The second-order valence-electron chi connectivity index (χ2n) is 6.20. The molecule has 0 aliphatic heterocycles. The van der Waals surface area contributed by atoms with Crippen LogP contribution in [0.5, 0.6) is 0 Å². The first-order valence-electron chi connectivity index (χ1n) is 6.90. The number of hydrogen-bond acceptors (Lipinski definition) is 3. The van der Waals surface area contributed by atoms with Crippen LogP contribution < -0.4 is 0 Å². The van der Waals surface area contributed by atoms with E-state index in [1.807, 2.05) is 11.9 Å². The van der Waals surface area contributed by atoms with E-state index in [1.165, 1.54) is 11.1 Å². The van der Waals surface area contributed by atoms with Crippen LogP contribution in [-0.4, -0.2) is 48.0 Å². The van der Waals surface area contributed by atoms with Gasteiger partial charge in [0.1, 0.15) is 0 Å². The second kappa shape index (κ2) is 7.04. The first kappa shape index (κ1) is 16.2. The zero-order valence-electron chi connectivity index (χ0n) is 12.6. The Kier molecular flexibility index (Phi) is 5.98. The van der Waals surface area contributed by atoms with Crippen LogP contribution in [0.15, 0.2) is 24.3 Å². The highest BCUT2D eigenvalue weighted by molar-refractivity contribution is 5.27. The lowest BCUT2D eigenvalue weighted by molar-refractivity contribution is 0.0925. The van der Waals surface area contributed by atoms with Gasteiger partial charge in [-0.3, -0.25) is 4.90 Å². The van der Waals surface area contributed by atoms with E-state index in [9.17, 15) is 0 Å². The highest BCUT2D eigenvalue weighted by Crippen LogP contribution is 2.22. The van der Waals surface area contributed by atoms with Crippen molar-refractivity contribution in [3.05, 3.63) is 35.4 Å². The highest BCUT2D eigenvalue weighted by Gasteiger charge is 2.14. The van der Waals surface area contributed by atoms with Crippen LogP contribution in [0.2, 0.25) is 0 Å². The first-order chi connectivity index (χ1) is 8.88. The smallest absolute Gasteiger partial charge is 0.0609 e. The fourth-order valence-corrected chi connectivity index (χ4v) is 2.00. The van der Waals surface area contributed by atoms with Gasteiger partial charge in [-0.25, -0.2) is 0 Å². The third kappa shape index (κ3) is 4.94. The molecule has 0 atom stereocenters. The topological polar surface area (TPSA) is 43.7 Å². The molecule has 2 N–H and O–H groups in total. The molecule has 0 aliphatic rings. The van der Waals surface area contributed by atoms with Crippen LogP contribution in [0.3, 0.4) is 0 Å². The standard InChI is InChI=1S/C16H27NO2/c1-16(2,3)14-7-5-13(6-8-14)9-10-17(4)15(11-18)12-19/h5-8,15,18-19H,9-12H2,1-4H3. The Labute approximate surface area is 116 Å². The van der Waals surface area contributed by atoms with Crippen LogP contribution in [0.4, 0.5) is 0 Å². The Hall–Kier alpha value is -0.900. The molecular formula is C16H27NO2. The Morgan fingerprint density at radius 1 is 1.05 bits per heavy atom. The number of nitrogens with zero attached hydrogens (tertiary/aromatic N) is 1. The van der Waals surface area contributed by atoms with Crippen LogP contribution >= 0.6 is 0 Å². The lowest BCUT2D eigenvalue weighted by Crippen LogP contribution is -2.38. The normalized spacial score (nSPS) is 12.4. The molecule has 1 rings (SSSR count). The maximum Gasteiger partial charge on any atom is 0.0609 e. The molecule has 3 nitrogen and oxygen atoms in total. The van der Waals surface area contributed by atoms with Gasteiger partial charge in [0.25, 0.3) is 0 Å². The maximum atomic E-state index is 9.12. The molecule has 108 valence electrons. The van der Waals surface area contributed by atoms with E-state index < -0.39 is 0 Å². The van der Waals surface area contributed by atoms with Crippen molar-refractivity contribution in [2.75, 3.05) is 26.8 Å². The molecular weight excluding hydrogens is 238 g/mol. The van der Waals surface area contributed by atoms with Crippen molar-refractivity contribution in [2.45, 2.75) is 38.6 Å². The summed E-state index contributed by atoms with van der Waals surface area (Å²) < 4.78 is 0. The minimum absolute atomic E-state index is 0.00401. The summed E-state index contributed by atoms with van der Waals surface area (Å²) in [5.41, 5.74) is 2.82. The zero-order chi connectivity index (χ0) is 14.5. The van der Waals surface area contributed by atoms with Crippen molar-refractivity contribution >= 4 is 0 Å². The van der Waals surface area contributed by atoms with E-state index in [4.69, 9.17) is 10.2 Å². The molecule has 3 heteroatoms. The van der Waals surface area contributed by atoms with Gasteiger partial charge in [0.2, 0.25) is 0 Å². The molecule has 0 saturated carbocycles. The second-order valence-corrected chi connectivity index (χ2v) is 6.20. The van der Waals surface area contributed by atoms with Crippen molar-refractivity contribution in [1.82, 2.24) is 4.90 Å². The molecule has 0 bridgehead atoms. The number of likely N-dealkylation sites (N-methyl/N-ethyl adjacent to an activating group) is 1. The van der Waals surface area contributed by atoms with Crippen molar-refractivity contribution < 1.29 is 10.2 Å². The summed E-state index contributed by atoms with van der Waals surface area (Å²) in [7, 11) is 1.93. The van der Waals surface area contributed by atoms with Crippen LogP contribution in [-0.2, 0) is 11.8 Å². The van der Waals surface area contributed by atoms with Gasteiger partial charge in [-0.2, -0.15) is 0 Å². The number of aliphatic hydroxyl groups excluding tert-OH is 2. The Morgan fingerprint density at radius 3 is 2.00 bits per heavy atom. The summed E-state index contributed by atoms with van der Waals surface area (Å²) in [4.78, 5) is 2.00. The summed E-state index contributed by atoms with van der Waals surface area (Å²) in [5, 5.41) is 18.2. The molecule has 1 aromatic carbocycles. The molecule has 1 aromatic rings. The van der Waals surface area contributed by atoms with E-state index in [2.05, 4.69) is 45.0 Å². The molecule has 0 unspecified atom stereocenters. The Bertz CT molecular complexity index is 363. The van der Waals surface area contributed by atoms with Gasteiger partial charge >= 0.3 is 0 Å². The van der Waals surface area contributed by atoms with E-state index in [0.717, 1.165) is 13.0 Å². The van der Waals surface area contributed by atoms with Crippen LogP contribution in [0.1, 0.15) is 31.9 Å². The predicted molar refractivity (Wildman–Crippen MR) is 79.4 cm³/mol. The first-order valence-corrected chi connectivity index (χ1v) is 6.90. The molecule has 19 heavy (non-hydrogen) atoms. The number of aliphatic hydroxyl groups is 2. The summed E-state index contributed by atoms with van der Waals surface area (Å²) in [5.74, 6) is 0. The van der Waals surface area contributed by atoms with Gasteiger partial charge in [-0.1, -0.05) is 45.0 Å². The maximum absolute atomic E-state index is 9.12. The minimum Gasteiger partial charge on any atom is -0.395 e. The van der Waals surface area contributed by atoms with Crippen molar-refractivity contribution in [3.63, 3.8) is 0 Å². The zero-order valence-corrected chi connectivity index (χ0v) is 12.6. The van der Waals surface area contributed by atoms with Crippen molar-refractivity contribution in [2.24, 2.45) is 0 Å². The molecule has 0 radical (unpaired) electrons. The third-order valence-corrected chi connectivity index (χ3v) is 3.62. The lowest BCUT2D eigenvalue weighted by Gasteiger charge is -2.24. The minimum atomic E-state index is -0.158. The van der Waals surface area contributed by atoms with Crippen molar-refractivity contribution in [1.29, 1.82) is 0 Å². The summed E-state index contributed by atoms with van der Waals surface area (Å²) in [6, 6.07) is 8.55. The monoisotopic (exact) mass is 265 g/mol. The predicted octanol–water partition coefficient (Wildman–Crippen LogP) is 1.81. The molecule has 0 heterocycles. The van der Waals surface area contributed by atoms with Gasteiger partial charge in [0, 0.05) is 6.54 Å². The highest BCUT2D eigenvalue weighted by atomic mass is 16.3. The number of hydrogen-bond donors (Lipinski definition) is 2. The average Bonchev–Trinajstić information content (AvgIpc) is 2.37. The van der Waals surface area contributed by atoms with E-state index in [0.29, 0.717) is 0 Å². The quantitative estimate of drug-likeness (QED) is 0.824. The Balaban J connectivity index is 2.55. The molecule has 0 aliphatic carbocycles. The summed E-state index contributed by atoms with van der Waals surface area (Å²) in [6.07, 6.45) is 0.928. The van der Waals surface area contributed by atoms with Gasteiger partial charge in [-0.15, -0.1) is 0 Å². The van der Waals surface area contributed by atoms with E-state index in [1.54, 1.807) is 0 Å². The van der Waals surface area contributed by atoms with E-state index >= 15 is 0 Å². The largest absolute Gasteiger partial charge is 0.395 e. The fraction of sp³-hybridized carbons (Fsp3) is 0.625. The molecule has 0 amide bonds. The summed E-state index contributed by atoms with van der Waals surface area (Å²) >= 11 is 0. The number of benzene rings is 1. The fourth-order valence-electron chi connectivity index (χ4n) is 2.00. The van der Waals surface area contributed by atoms with Crippen molar-refractivity contribution in [3.8, 4) is 0 Å². The number of rotatable bonds is 6. The van der Waals surface area contributed by atoms with Crippen LogP contribution in [0, 0.1) is 0 Å². The van der Waals surface area contributed by atoms with Gasteiger partial charge in [0.15, 0.2) is 0 Å². The summed E-state index contributed by atoms with van der Waals surface area (Å²) in [6.45, 7) is 7.46. The lowest BCUT2D eigenvalue weighted by atomic mass is 9.86. The van der Waals surface area contributed by atoms with Gasteiger partial charge in [-0.05, 0) is 30.0 Å². The molecule has 0 fully saturated rings. The molecule has 0 aromatic heterocycles.